The second-order valence-electron chi connectivity index (χ2n) is 4.91. The van der Waals surface area contributed by atoms with Crippen LogP contribution in [0.2, 0.25) is 0 Å². The molecular weight excluding hydrogens is 250 g/mol. The van der Waals surface area contributed by atoms with E-state index in [1.54, 1.807) is 11.8 Å². The quantitative estimate of drug-likeness (QED) is 0.468. The number of thioether (sulfide) groups is 1. The van der Waals surface area contributed by atoms with Crippen LogP contribution in [0.5, 0.6) is 0 Å². The molecule has 0 saturated heterocycles. The average Bonchev–Trinajstić information content (AvgIpc) is 3.13. The van der Waals surface area contributed by atoms with Crippen molar-refractivity contribution in [3.05, 3.63) is 0 Å². The number of carbonyl (C=O) groups excluding carboxylic acids is 1. The highest BCUT2D eigenvalue weighted by atomic mass is 32.2. The predicted molar refractivity (Wildman–Crippen MR) is 74.8 cm³/mol. The maximum Gasteiger partial charge on any atom is 0.326 e. The van der Waals surface area contributed by atoms with Crippen molar-refractivity contribution in [2.24, 2.45) is 0 Å². The van der Waals surface area contributed by atoms with Gasteiger partial charge in [-0.25, -0.2) is 0 Å². The standard InChI is InChI=1S/C13H25NO3S/c1-3-17-12(16)13(2,14-11-5-6-11)7-4-9-18-10-8-15/h11,14-15H,3-10H2,1-2H3. The SMILES string of the molecule is CCOC(=O)C(C)(CCCSCCO)NC1CC1. The van der Waals surface area contributed by atoms with Crippen molar-refractivity contribution in [3.63, 3.8) is 0 Å². The van der Waals surface area contributed by atoms with Gasteiger partial charge >= 0.3 is 5.97 Å². The van der Waals surface area contributed by atoms with Gasteiger partial charge < -0.3 is 9.84 Å². The molecule has 5 heteroatoms. The third kappa shape index (κ3) is 5.59. The fraction of sp³-hybridized carbons (Fsp3) is 0.923. The maximum atomic E-state index is 12.0. The summed E-state index contributed by atoms with van der Waals surface area (Å²) in [6.45, 7) is 4.44. The average molecular weight is 275 g/mol. The third-order valence-electron chi connectivity index (χ3n) is 3.03. The van der Waals surface area contributed by atoms with Crippen molar-refractivity contribution in [1.29, 1.82) is 0 Å². The molecule has 0 spiro atoms. The molecule has 1 saturated carbocycles. The van der Waals surface area contributed by atoms with Crippen molar-refractivity contribution in [2.45, 2.75) is 51.1 Å². The summed E-state index contributed by atoms with van der Waals surface area (Å²) >= 11 is 1.72. The first kappa shape index (κ1) is 15.8. The molecule has 0 radical (unpaired) electrons. The van der Waals surface area contributed by atoms with E-state index < -0.39 is 5.54 Å². The molecule has 0 aromatic heterocycles. The summed E-state index contributed by atoms with van der Waals surface area (Å²) in [5.74, 6) is 1.61. The molecule has 1 fully saturated rings. The van der Waals surface area contributed by atoms with Crippen molar-refractivity contribution in [3.8, 4) is 0 Å². The summed E-state index contributed by atoms with van der Waals surface area (Å²) in [4.78, 5) is 12.0. The van der Waals surface area contributed by atoms with Crippen molar-refractivity contribution in [1.82, 2.24) is 5.32 Å². The molecule has 1 aliphatic rings. The second-order valence-corrected chi connectivity index (χ2v) is 6.14. The highest BCUT2D eigenvalue weighted by Gasteiger charge is 2.38. The molecule has 18 heavy (non-hydrogen) atoms. The van der Waals surface area contributed by atoms with Gasteiger partial charge in [-0.1, -0.05) is 0 Å². The Hall–Kier alpha value is -0.260. The number of aliphatic hydroxyl groups excluding tert-OH is 1. The minimum Gasteiger partial charge on any atom is -0.465 e. The summed E-state index contributed by atoms with van der Waals surface area (Å²) in [5, 5.41) is 12.1. The van der Waals surface area contributed by atoms with Gasteiger partial charge in [0.2, 0.25) is 0 Å². The van der Waals surface area contributed by atoms with Gasteiger partial charge in [0, 0.05) is 11.8 Å². The van der Waals surface area contributed by atoms with Gasteiger partial charge in [0.25, 0.3) is 0 Å². The first-order valence-electron chi connectivity index (χ1n) is 6.76. The number of rotatable bonds is 10. The first-order valence-corrected chi connectivity index (χ1v) is 7.91. The lowest BCUT2D eigenvalue weighted by Gasteiger charge is -2.28. The molecule has 1 unspecified atom stereocenters. The van der Waals surface area contributed by atoms with Crippen LogP contribution in [0.1, 0.15) is 39.5 Å². The molecule has 1 atom stereocenters. The highest BCUT2D eigenvalue weighted by Crippen LogP contribution is 2.26. The molecule has 4 nitrogen and oxygen atoms in total. The molecule has 2 N–H and O–H groups in total. The molecule has 0 amide bonds. The van der Waals surface area contributed by atoms with Crippen LogP contribution < -0.4 is 5.32 Å². The smallest absolute Gasteiger partial charge is 0.326 e. The molecule has 1 aliphatic carbocycles. The Labute approximate surface area is 114 Å². The maximum absolute atomic E-state index is 12.0. The van der Waals surface area contributed by atoms with Crippen LogP contribution >= 0.6 is 11.8 Å². The number of hydrogen-bond donors (Lipinski definition) is 2. The van der Waals surface area contributed by atoms with Crippen LogP contribution in [0, 0.1) is 0 Å². The van der Waals surface area contributed by atoms with Gasteiger partial charge in [-0.2, -0.15) is 11.8 Å². The third-order valence-corrected chi connectivity index (χ3v) is 4.08. The van der Waals surface area contributed by atoms with Crippen molar-refractivity contribution < 1.29 is 14.6 Å². The molecular formula is C13H25NO3S. The molecule has 0 bridgehead atoms. The lowest BCUT2D eigenvalue weighted by Crippen LogP contribution is -2.51. The first-order chi connectivity index (χ1) is 8.62. The Balaban J connectivity index is 2.35. The lowest BCUT2D eigenvalue weighted by molar-refractivity contribution is -0.151. The summed E-state index contributed by atoms with van der Waals surface area (Å²) < 4.78 is 5.17. The second kappa shape index (κ2) is 8.02. The molecule has 0 aromatic rings. The van der Waals surface area contributed by atoms with Gasteiger partial charge in [-0.15, -0.1) is 0 Å². The van der Waals surface area contributed by atoms with E-state index in [-0.39, 0.29) is 12.6 Å². The predicted octanol–water partition coefficient (Wildman–Crippen LogP) is 1.57. The Kier molecular flexibility index (Phi) is 7.04. The summed E-state index contributed by atoms with van der Waals surface area (Å²) in [6, 6.07) is 0.490. The zero-order valence-electron chi connectivity index (χ0n) is 11.4. The Morgan fingerprint density at radius 2 is 2.22 bits per heavy atom. The fourth-order valence-corrected chi connectivity index (χ4v) is 2.58. The normalized spacial score (nSPS) is 18.4. The van der Waals surface area contributed by atoms with Crippen molar-refractivity contribution in [2.75, 3.05) is 24.7 Å². The summed E-state index contributed by atoms with van der Waals surface area (Å²) in [6.07, 6.45) is 4.07. The van der Waals surface area contributed by atoms with Crippen LogP contribution in [0.25, 0.3) is 0 Å². The molecule has 1 rings (SSSR count). The minimum absolute atomic E-state index is 0.135. The number of aliphatic hydroxyl groups is 1. The van der Waals surface area contributed by atoms with Crippen LogP contribution in [-0.2, 0) is 9.53 Å². The highest BCUT2D eigenvalue weighted by molar-refractivity contribution is 7.99. The number of carbonyl (C=O) groups is 1. The van der Waals surface area contributed by atoms with E-state index in [1.807, 2.05) is 13.8 Å². The van der Waals surface area contributed by atoms with Crippen LogP contribution in [-0.4, -0.2) is 47.4 Å². The Morgan fingerprint density at radius 1 is 1.50 bits per heavy atom. The van der Waals surface area contributed by atoms with Gasteiger partial charge in [-0.05, 0) is 45.3 Å². The summed E-state index contributed by atoms with van der Waals surface area (Å²) in [7, 11) is 0. The van der Waals surface area contributed by atoms with Gasteiger partial charge in [0.15, 0.2) is 0 Å². The van der Waals surface area contributed by atoms with Gasteiger partial charge in [-0.3, -0.25) is 10.1 Å². The lowest BCUT2D eigenvalue weighted by atomic mass is 9.96. The molecule has 106 valence electrons. The van der Waals surface area contributed by atoms with Crippen LogP contribution in [0.3, 0.4) is 0 Å². The topological polar surface area (TPSA) is 58.6 Å². The Bertz CT molecular complexity index is 259. The van der Waals surface area contributed by atoms with Crippen LogP contribution in [0.15, 0.2) is 0 Å². The van der Waals surface area contributed by atoms with E-state index in [2.05, 4.69) is 5.32 Å². The number of hydrogen-bond acceptors (Lipinski definition) is 5. The number of ether oxygens (including phenoxy) is 1. The molecule has 0 aliphatic heterocycles. The number of esters is 1. The minimum atomic E-state index is -0.545. The fourth-order valence-electron chi connectivity index (χ4n) is 1.90. The molecule has 0 heterocycles. The van der Waals surface area contributed by atoms with E-state index in [0.29, 0.717) is 12.6 Å². The van der Waals surface area contributed by atoms with E-state index in [0.717, 1.165) is 37.2 Å². The summed E-state index contributed by atoms with van der Waals surface area (Å²) in [5.41, 5.74) is -0.545. The van der Waals surface area contributed by atoms with E-state index in [4.69, 9.17) is 9.84 Å². The van der Waals surface area contributed by atoms with E-state index >= 15 is 0 Å². The largest absolute Gasteiger partial charge is 0.465 e. The van der Waals surface area contributed by atoms with Gasteiger partial charge in [0.05, 0.1) is 13.2 Å². The zero-order chi connectivity index (χ0) is 13.4. The van der Waals surface area contributed by atoms with Crippen LogP contribution in [0.4, 0.5) is 0 Å². The zero-order valence-corrected chi connectivity index (χ0v) is 12.2. The van der Waals surface area contributed by atoms with E-state index in [1.165, 1.54) is 0 Å². The molecule has 0 aromatic carbocycles. The monoisotopic (exact) mass is 275 g/mol. The number of nitrogens with one attached hydrogen (secondary N) is 1. The van der Waals surface area contributed by atoms with Crippen molar-refractivity contribution >= 4 is 17.7 Å². The van der Waals surface area contributed by atoms with E-state index in [9.17, 15) is 4.79 Å². The Morgan fingerprint density at radius 3 is 2.78 bits per heavy atom. The van der Waals surface area contributed by atoms with Gasteiger partial charge in [0.1, 0.15) is 5.54 Å².